The number of aliphatic hydroxyl groups excluding tert-OH is 1. The molecule has 0 aliphatic rings. The maximum absolute atomic E-state index is 9.03. The minimum absolute atomic E-state index is 0.0454. The average molecular weight is 237 g/mol. The predicted octanol–water partition coefficient (Wildman–Crippen LogP) is 2.63. The first kappa shape index (κ1) is 11.2. The summed E-state index contributed by atoms with van der Waals surface area (Å²) in [4.78, 5) is 0. The zero-order chi connectivity index (χ0) is 11.7. The van der Waals surface area contributed by atoms with Gasteiger partial charge < -0.3 is 5.11 Å². The van der Waals surface area contributed by atoms with Gasteiger partial charge >= 0.3 is 0 Å². The van der Waals surface area contributed by atoms with Gasteiger partial charge in [-0.3, -0.25) is 0 Å². The quantitative estimate of drug-likeness (QED) is 0.871. The first-order chi connectivity index (χ1) is 7.61. The van der Waals surface area contributed by atoms with Gasteiger partial charge in [0.05, 0.1) is 18.0 Å². The molecule has 2 aromatic rings. The van der Waals surface area contributed by atoms with E-state index in [4.69, 9.17) is 16.7 Å². The Labute approximate surface area is 99.3 Å². The van der Waals surface area contributed by atoms with Gasteiger partial charge in [0, 0.05) is 10.7 Å². The Morgan fingerprint density at radius 1 is 1.31 bits per heavy atom. The molecule has 0 spiro atoms. The summed E-state index contributed by atoms with van der Waals surface area (Å²) in [6.07, 6.45) is 0. The summed E-state index contributed by atoms with van der Waals surface area (Å²) < 4.78 is 1.84. The van der Waals surface area contributed by atoms with E-state index in [-0.39, 0.29) is 6.61 Å². The van der Waals surface area contributed by atoms with E-state index in [0.717, 1.165) is 22.6 Å². The number of rotatable bonds is 2. The van der Waals surface area contributed by atoms with Gasteiger partial charge in [-0.15, -0.1) is 0 Å². The highest BCUT2D eigenvalue weighted by Crippen LogP contribution is 2.21. The standard InChI is InChI=1S/C12H13ClN2O/c1-8-5-9(2)15(14-8)11-4-3-10(7-16)12(13)6-11/h3-6,16H,7H2,1-2H3. The molecule has 84 valence electrons. The van der Waals surface area contributed by atoms with E-state index in [1.54, 1.807) is 0 Å². The molecule has 4 heteroatoms. The molecule has 0 saturated carbocycles. The summed E-state index contributed by atoms with van der Waals surface area (Å²) in [6, 6.07) is 7.53. The first-order valence-corrected chi connectivity index (χ1v) is 5.42. The van der Waals surface area contributed by atoms with Crippen LogP contribution < -0.4 is 0 Å². The number of hydrogen-bond donors (Lipinski definition) is 1. The van der Waals surface area contributed by atoms with Crippen LogP contribution in [-0.2, 0) is 6.61 Å². The molecule has 0 unspecified atom stereocenters. The molecule has 16 heavy (non-hydrogen) atoms. The molecule has 0 aliphatic carbocycles. The second-order valence-electron chi connectivity index (χ2n) is 3.77. The van der Waals surface area contributed by atoms with Crippen LogP contribution in [0.5, 0.6) is 0 Å². The first-order valence-electron chi connectivity index (χ1n) is 5.04. The van der Waals surface area contributed by atoms with Crippen LogP contribution in [0.1, 0.15) is 17.0 Å². The molecule has 0 amide bonds. The summed E-state index contributed by atoms with van der Waals surface area (Å²) in [7, 11) is 0. The molecular formula is C12H13ClN2O. The Kier molecular flexibility index (Phi) is 2.99. The number of aromatic nitrogens is 2. The second kappa shape index (κ2) is 4.28. The smallest absolute Gasteiger partial charge is 0.0696 e. The number of aliphatic hydroxyl groups is 1. The molecule has 0 fully saturated rings. The zero-order valence-electron chi connectivity index (χ0n) is 9.24. The van der Waals surface area contributed by atoms with Crippen molar-refractivity contribution >= 4 is 11.6 Å². The van der Waals surface area contributed by atoms with Gasteiger partial charge in [-0.25, -0.2) is 4.68 Å². The molecule has 3 nitrogen and oxygen atoms in total. The molecule has 0 atom stereocenters. The Hall–Kier alpha value is -1.32. The molecule has 1 N–H and O–H groups in total. The highest BCUT2D eigenvalue weighted by atomic mass is 35.5. The highest BCUT2D eigenvalue weighted by Gasteiger charge is 2.06. The lowest BCUT2D eigenvalue weighted by Crippen LogP contribution is -1.99. The van der Waals surface area contributed by atoms with Crippen LogP contribution in [0.4, 0.5) is 0 Å². The molecule has 1 aromatic carbocycles. The molecule has 1 heterocycles. The van der Waals surface area contributed by atoms with Crippen LogP contribution in [0, 0.1) is 13.8 Å². The average Bonchev–Trinajstić information content (AvgIpc) is 2.58. The lowest BCUT2D eigenvalue weighted by molar-refractivity contribution is 0.282. The SMILES string of the molecule is Cc1cc(C)n(-c2ccc(CO)c(Cl)c2)n1. The fraction of sp³-hybridized carbons (Fsp3) is 0.250. The minimum Gasteiger partial charge on any atom is -0.392 e. The number of hydrogen-bond acceptors (Lipinski definition) is 2. The van der Waals surface area contributed by atoms with Crippen molar-refractivity contribution in [2.75, 3.05) is 0 Å². The molecular weight excluding hydrogens is 224 g/mol. The molecule has 0 bridgehead atoms. The van der Waals surface area contributed by atoms with Crippen molar-refractivity contribution in [3.63, 3.8) is 0 Å². The summed E-state index contributed by atoms with van der Waals surface area (Å²) in [5.74, 6) is 0. The van der Waals surface area contributed by atoms with Gasteiger partial charge in [-0.05, 0) is 37.6 Å². The van der Waals surface area contributed by atoms with Crippen LogP contribution in [-0.4, -0.2) is 14.9 Å². The fourth-order valence-corrected chi connectivity index (χ4v) is 1.92. The number of halogens is 1. The zero-order valence-corrected chi connectivity index (χ0v) is 9.99. The van der Waals surface area contributed by atoms with Crippen LogP contribution in [0.3, 0.4) is 0 Å². The third-order valence-electron chi connectivity index (χ3n) is 2.46. The minimum atomic E-state index is -0.0454. The van der Waals surface area contributed by atoms with Crippen LogP contribution in [0.2, 0.25) is 5.02 Å². The van der Waals surface area contributed by atoms with Crippen LogP contribution in [0.15, 0.2) is 24.3 Å². The predicted molar refractivity (Wildman–Crippen MR) is 64.0 cm³/mol. The number of benzene rings is 1. The van der Waals surface area contributed by atoms with Gasteiger partial charge in [0.1, 0.15) is 0 Å². The Bertz CT molecular complexity index is 520. The molecule has 0 saturated heterocycles. The molecule has 0 aliphatic heterocycles. The normalized spacial score (nSPS) is 10.8. The summed E-state index contributed by atoms with van der Waals surface area (Å²) in [5, 5.41) is 14.0. The van der Waals surface area contributed by atoms with Gasteiger partial charge in [-0.2, -0.15) is 5.10 Å². The monoisotopic (exact) mass is 236 g/mol. The molecule has 2 rings (SSSR count). The van der Waals surface area contributed by atoms with Crippen molar-refractivity contribution in [3.8, 4) is 5.69 Å². The van der Waals surface area contributed by atoms with Crippen LogP contribution >= 0.6 is 11.6 Å². The summed E-state index contributed by atoms with van der Waals surface area (Å²) in [6.45, 7) is 3.90. The van der Waals surface area contributed by atoms with E-state index in [9.17, 15) is 0 Å². The van der Waals surface area contributed by atoms with E-state index in [0.29, 0.717) is 5.02 Å². The van der Waals surface area contributed by atoms with Crippen molar-refractivity contribution in [3.05, 3.63) is 46.2 Å². The Balaban J connectivity index is 2.49. The van der Waals surface area contributed by atoms with E-state index < -0.39 is 0 Å². The maximum atomic E-state index is 9.03. The third-order valence-corrected chi connectivity index (χ3v) is 2.81. The fourth-order valence-electron chi connectivity index (χ4n) is 1.69. The van der Waals surface area contributed by atoms with Gasteiger partial charge in [0.2, 0.25) is 0 Å². The summed E-state index contributed by atoms with van der Waals surface area (Å²) in [5.41, 5.74) is 3.67. The largest absolute Gasteiger partial charge is 0.392 e. The van der Waals surface area contributed by atoms with Gasteiger partial charge in [0.15, 0.2) is 0 Å². The van der Waals surface area contributed by atoms with E-state index in [2.05, 4.69) is 5.10 Å². The molecule has 0 radical (unpaired) electrons. The Morgan fingerprint density at radius 2 is 2.06 bits per heavy atom. The molecule has 1 aromatic heterocycles. The highest BCUT2D eigenvalue weighted by molar-refractivity contribution is 6.31. The number of nitrogens with zero attached hydrogens (tertiary/aromatic N) is 2. The third kappa shape index (κ3) is 1.96. The van der Waals surface area contributed by atoms with Gasteiger partial charge in [-0.1, -0.05) is 17.7 Å². The Morgan fingerprint density at radius 3 is 2.56 bits per heavy atom. The van der Waals surface area contributed by atoms with Crippen molar-refractivity contribution in [2.24, 2.45) is 0 Å². The van der Waals surface area contributed by atoms with Crippen LogP contribution in [0.25, 0.3) is 5.69 Å². The summed E-state index contributed by atoms with van der Waals surface area (Å²) >= 11 is 6.04. The number of aryl methyl sites for hydroxylation is 2. The van der Waals surface area contributed by atoms with E-state index >= 15 is 0 Å². The lowest BCUT2D eigenvalue weighted by atomic mass is 10.2. The lowest BCUT2D eigenvalue weighted by Gasteiger charge is -2.07. The maximum Gasteiger partial charge on any atom is 0.0696 e. The van der Waals surface area contributed by atoms with E-state index in [1.807, 2.05) is 42.8 Å². The van der Waals surface area contributed by atoms with Crippen molar-refractivity contribution in [1.82, 2.24) is 9.78 Å². The second-order valence-corrected chi connectivity index (χ2v) is 4.18. The van der Waals surface area contributed by atoms with Gasteiger partial charge in [0.25, 0.3) is 0 Å². The van der Waals surface area contributed by atoms with Crippen molar-refractivity contribution in [2.45, 2.75) is 20.5 Å². The topological polar surface area (TPSA) is 38.0 Å². The van der Waals surface area contributed by atoms with E-state index in [1.165, 1.54) is 0 Å². The van der Waals surface area contributed by atoms with Crippen molar-refractivity contribution < 1.29 is 5.11 Å². The van der Waals surface area contributed by atoms with Crippen molar-refractivity contribution in [1.29, 1.82) is 0 Å².